The van der Waals surface area contributed by atoms with E-state index < -0.39 is 11.9 Å². The average Bonchev–Trinajstić information content (AvgIpc) is 2.39. The van der Waals surface area contributed by atoms with E-state index in [-0.39, 0.29) is 0 Å². The number of aryl methyl sites for hydroxylation is 2. The quantitative estimate of drug-likeness (QED) is 0.903. The summed E-state index contributed by atoms with van der Waals surface area (Å²) in [7, 11) is 0. The van der Waals surface area contributed by atoms with Gasteiger partial charge in [-0.2, -0.15) is 0 Å². The molecule has 0 saturated heterocycles. The van der Waals surface area contributed by atoms with E-state index in [0.29, 0.717) is 6.42 Å². The van der Waals surface area contributed by atoms with Crippen LogP contribution in [0.1, 0.15) is 28.2 Å². The largest absolute Gasteiger partial charge is 0.481 e. The topological polar surface area (TPSA) is 37.3 Å². The summed E-state index contributed by atoms with van der Waals surface area (Å²) in [5.41, 5.74) is 4.24. The zero-order chi connectivity index (χ0) is 13.8. The number of rotatable bonds is 4. The van der Waals surface area contributed by atoms with Gasteiger partial charge in [-0.15, -0.1) is 0 Å². The van der Waals surface area contributed by atoms with Crippen molar-refractivity contribution in [3.05, 3.63) is 70.8 Å². The van der Waals surface area contributed by atoms with E-state index in [1.54, 1.807) is 0 Å². The first-order chi connectivity index (χ1) is 9.06. The number of carboxylic acids is 1. The summed E-state index contributed by atoms with van der Waals surface area (Å²) in [6.07, 6.45) is 0.526. The molecule has 0 aliphatic rings. The molecule has 0 aromatic heterocycles. The summed E-state index contributed by atoms with van der Waals surface area (Å²) in [4.78, 5) is 11.5. The summed E-state index contributed by atoms with van der Waals surface area (Å²) < 4.78 is 0. The second-order valence-corrected chi connectivity index (χ2v) is 4.99. The number of carboxylic acid groups (broad SMARTS) is 1. The van der Waals surface area contributed by atoms with E-state index in [9.17, 15) is 9.90 Å². The fourth-order valence-electron chi connectivity index (χ4n) is 2.11. The summed E-state index contributed by atoms with van der Waals surface area (Å²) >= 11 is 0. The van der Waals surface area contributed by atoms with E-state index in [0.717, 1.165) is 16.7 Å². The predicted molar refractivity (Wildman–Crippen MR) is 76.4 cm³/mol. The molecule has 1 N–H and O–H groups in total. The van der Waals surface area contributed by atoms with Gasteiger partial charge in [0.2, 0.25) is 0 Å². The molecule has 2 heteroatoms. The monoisotopic (exact) mass is 254 g/mol. The molecule has 1 unspecified atom stereocenters. The predicted octanol–water partition coefficient (Wildman–Crippen LogP) is 3.71. The van der Waals surface area contributed by atoms with E-state index in [2.05, 4.69) is 0 Å². The van der Waals surface area contributed by atoms with Gasteiger partial charge in [0.15, 0.2) is 0 Å². The van der Waals surface area contributed by atoms with Crippen molar-refractivity contribution in [3.63, 3.8) is 0 Å². The Morgan fingerprint density at radius 1 is 0.947 bits per heavy atom. The number of hydrogen-bond donors (Lipinski definition) is 1. The van der Waals surface area contributed by atoms with E-state index >= 15 is 0 Å². The van der Waals surface area contributed by atoms with Crippen molar-refractivity contribution in [1.29, 1.82) is 0 Å². The normalized spacial score (nSPS) is 12.1. The molecule has 0 spiro atoms. The van der Waals surface area contributed by atoms with Gasteiger partial charge < -0.3 is 5.11 Å². The fourth-order valence-corrected chi connectivity index (χ4v) is 2.11. The Hall–Kier alpha value is -2.09. The molecular formula is C17H18O2. The van der Waals surface area contributed by atoms with Gasteiger partial charge in [0.25, 0.3) is 0 Å². The number of benzene rings is 2. The van der Waals surface area contributed by atoms with E-state index in [4.69, 9.17) is 0 Å². The third-order valence-electron chi connectivity index (χ3n) is 3.34. The molecule has 2 aromatic carbocycles. The number of hydrogen-bond acceptors (Lipinski definition) is 1. The maximum Gasteiger partial charge on any atom is 0.311 e. The lowest BCUT2D eigenvalue weighted by Gasteiger charge is -2.13. The van der Waals surface area contributed by atoms with Crippen LogP contribution in [0.2, 0.25) is 0 Å². The van der Waals surface area contributed by atoms with Crippen molar-refractivity contribution >= 4 is 5.97 Å². The van der Waals surface area contributed by atoms with Gasteiger partial charge in [0, 0.05) is 0 Å². The zero-order valence-corrected chi connectivity index (χ0v) is 11.3. The van der Waals surface area contributed by atoms with Crippen molar-refractivity contribution in [1.82, 2.24) is 0 Å². The lowest BCUT2D eigenvalue weighted by Crippen LogP contribution is -2.14. The van der Waals surface area contributed by atoms with Gasteiger partial charge >= 0.3 is 5.97 Å². The molecule has 0 amide bonds. The highest BCUT2D eigenvalue weighted by Crippen LogP contribution is 2.22. The zero-order valence-electron chi connectivity index (χ0n) is 11.3. The molecular weight excluding hydrogens is 236 g/mol. The molecule has 0 radical (unpaired) electrons. The molecule has 1 atom stereocenters. The maximum atomic E-state index is 11.5. The van der Waals surface area contributed by atoms with Crippen LogP contribution in [0.5, 0.6) is 0 Å². The molecule has 0 aliphatic heterocycles. The second kappa shape index (κ2) is 5.70. The molecule has 19 heavy (non-hydrogen) atoms. The van der Waals surface area contributed by atoms with Crippen molar-refractivity contribution in [3.8, 4) is 0 Å². The first kappa shape index (κ1) is 13.3. The van der Waals surface area contributed by atoms with Gasteiger partial charge in [-0.1, -0.05) is 59.7 Å². The first-order valence-electron chi connectivity index (χ1n) is 6.41. The van der Waals surface area contributed by atoms with Crippen molar-refractivity contribution < 1.29 is 9.90 Å². The highest BCUT2D eigenvalue weighted by Gasteiger charge is 2.20. The maximum absolute atomic E-state index is 11.5. The van der Waals surface area contributed by atoms with E-state index in [1.165, 1.54) is 5.56 Å². The van der Waals surface area contributed by atoms with E-state index in [1.807, 2.05) is 62.4 Å². The smallest absolute Gasteiger partial charge is 0.311 e. The van der Waals surface area contributed by atoms with Gasteiger partial charge in [-0.3, -0.25) is 4.79 Å². The molecule has 2 rings (SSSR count). The Balaban J connectivity index is 2.23. The highest BCUT2D eigenvalue weighted by molar-refractivity contribution is 5.76. The lowest BCUT2D eigenvalue weighted by atomic mass is 9.91. The molecule has 2 aromatic rings. The van der Waals surface area contributed by atoms with Gasteiger partial charge in [0.1, 0.15) is 0 Å². The Labute approximate surface area is 113 Å². The second-order valence-electron chi connectivity index (χ2n) is 4.99. The van der Waals surface area contributed by atoms with Crippen LogP contribution < -0.4 is 0 Å². The van der Waals surface area contributed by atoms with Gasteiger partial charge in [-0.05, 0) is 31.4 Å². The van der Waals surface area contributed by atoms with Crippen LogP contribution in [0.15, 0.2) is 48.5 Å². The van der Waals surface area contributed by atoms with Gasteiger partial charge in [0.05, 0.1) is 5.92 Å². The van der Waals surface area contributed by atoms with Gasteiger partial charge in [-0.25, -0.2) is 0 Å². The Kier molecular flexibility index (Phi) is 4.00. The molecule has 2 nitrogen and oxygen atoms in total. The summed E-state index contributed by atoms with van der Waals surface area (Å²) in [6.45, 7) is 4.03. The number of aliphatic carboxylic acids is 1. The van der Waals surface area contributed by atoms with Crippen LogP contribution >= 0.6 is 0 Å². The van der Waals surface area contributed by atoms with Crippen molar-refractivity contribution in [2.24, 2.45) is 0 Å². The summed E-state index contributed by atoms with van der Waals surface area (Å²) in [5, 5.41) is 9.41. The average molecular weight is 254 g/mol. The molecule has 98 valence electrons. The minimum atomic E-state index is -0.774. The van der Waals surface area contributed by atoms with Crippen molar-refractivity contribution in [2.45, 2.75) is 26.2 Å². The SMILES string of the molecule is Cc1ccc(CC(C(=O)O)c2ccc(C)cc2)cc1. The third-order valence-corrected chi connectivity index (χ3v) is 3.34. The lowest BCUT2D eigenvalue weighted by molar-refractivity contribution is -0.138. The minimum Gasteiger partial charge on any atom is -0.481 e. The summed E-state index contributed by atoms with van der Waals surface area (Å²) in [5.74, 6) is -1.26. The molecule has 0 aliphatic carbocycles. The Morgan fingerprint density at radius 2 is 1.42 bits per heavy atom. The standard InChI is InChI=1S/C17H18O2/c1-12-3-7-14(8-4-12)11-16(17(18)19)15-9-5-13(2)6-10-15/h3-10,16H,11H2,1-2H3,(H,18,19). The van der Waals surface area contributed by atoms with Crippen LogP contribution in [0.4, 0.5) is 0 Å². The molecule has 0 heterocycles. The number of carbonyl (C=O) groups is 1. The van der Waals surface area contributed by atoms with Crippen LogP contribution in [-0.4, -0.2) is 11.1 Å². The highest BCUT2D eigenvalue weighted by atomic mass is 16.4. The fraction of sp³-hybridized carbons (Fsp3) is 0.235. The minimum absolute atomic E-state index is 0.483. The van der Waals surface area contributed by atoms with Crippen molar-refractivity contribution in [2.75, 3.05) is 0 Å². The van der Waals surface area contributed by atoms with Crippen LogP contribution in [0.25, 0.3) is 0 Å². The molecule has 0 bridgehead atoms. The van der Waals surface area contributed by atoms with Crippen LogP contribution in [0.3, 0.4) is 0 Å². The summed E-state index contributed by atoms with van der Waals surface area (Å²) in [6, 6.07) is 15.8. The molecule has 0 saturated carbocycles. The molecule has 0 fully saturated rings. The Bertz CT molecular complexity index is 553. The van der Waals surface area contributed by atoms with Crippen LogP contribution in [-0.2, 0) is 11.2 Å². The van der Waals surface area contributed by atoms with Crippen LogP contribution in [0, 0.1) is 13.8 Å². The first-order valence-corrected chi connectivity index (χ1v) is 6.41. The Morgan fingerprint density at radius 3 is 1.89 bits per heavy atom. The third kappa shape index (κ3) is 3.44.